The van der Waals surface area contributed by atoms with Crippen LogP contribution >= 0.6 is 17.9 Å². The fourth-order valence-corrected chi connectivity index (χ4v) is 7.52. The number of hydrogen-bond acceptors (Lipinski definition) is 4. The van der Waals surface area contributed by atoms with Crippen molar-refractivity contribution >= 4 is 39.7 Å². The van der Waals surface area contributed by atoms with E-state index in [9.17, 15) is 4.79 Å². The van der Waals surface area contributed by atoms with E-state index >= 15 is 0 Å². The fourth-order valence-electron chi connectivity index (χ4n) is 0.605. The molecule has 0 radical (unpaired) electrons. The molecule has 0 aromatic carbocycles. The molecule has 13 heavy (non-hydrogen) atoms. The van der Waals surface area contributed by atoms with Gasteiger partial charge in [0.2, 0.25) is 0 Å². The molecule has 0 saturated heterocycles. The molecule has 0 aromatic heterocycles. The molecule has 0 bridgehead atoms. The zero-order valence-corrected chi connectivity index (χ0v) is 12.6. The number of esters is 1. The molecule has 0 fully saturated rings. The van der Waals surface area contributed by atoms with Crippen molar-refractivity contribution in [2.45, 2.75) is 22.8 Å². The third-order valence-electron chi connectivity index (χ3n) is 1.20. The summed E-state index contributed by atoms with van der Waals surface area (Å²) in [6, 6.07) is -0.528. The van der Waals surface area contributed by atoms with Gasteiger partial charge < -0.3 is 0 Å². The van der Waals surface area contributed by atoms with E-state index in [1.54, 1.807) is 15.9 Å². The summed E-state index contributed by atoms with van der Waals surface area (Å²) >= 11 is -2.35. The first-order valence-electron chi connectivity index (χ1n) is 4.12. The average molecular weight is 332 g/mol. The van der Waals surface area contributed by atoms with Crippen molar-refractivity contribution in [3.8, 4) is 0 Å². The molecule has 0 aliphatic heterocycles. The molecule has 0 unspecified atom stereocenters. The molecule has 3 nitrogen and oxygen atoms in total. The molecule has 0 saturated carbocycles. The van der Waals surface area contributed by atoms with Gasteiger partial charge in [-0.05, 0) is 0 Å². The van der Waals surface area contributed by atoms with Crippen LogP contribution in [0.4, 0.5) is 0 Å². The van der Waals surface area contributed by atoms with Crippen LogP contribution in [0.5, 0.6) is 0 Å². The van der Waals surface area contributed by atoms with Gasteiger partial charge in [-0.15, -0.1) is 0 Å². The predicted molar refractivity (Wildman–Crippen MR) is 60.4 cm³/mol. The van der Waals surface area contributed by atoms with Crippen LogP contribution < -0.4 is 5.73 Å². The minimum atomic E-state index is -2.35. The molecule has 0 aliphatic rings. The van der Waals surface area contributed by atoms with Crippen LogP contribution in [-0.2, 0) is 9.53 Å². The molecular formula is C7H16ClNO2SSn. The van der Waals surface area contributed by atoms with Gasteiger partial charge in [-0.25, -0.2) is 0 Å². The van der Waals surface area contributed by atoms with Gasteiger partial charge >= 0.3 is 90.2 Å². The van der Waals surface area contributed by atoms with Crippen molar-refractivity contribution in [1.29, 1.82) is 0 Å². The van der Waals surface area contributed by atoms with E-state index in [1.165, 1.54) is 0 Å². The normalized spacial score (nSPS) is 13.9. The van der Waals surface area contributed by atoms with Gasteiger partial charge in [0, 0.05) is 0 Å². The van der Waals surface area contributed by atoms with E-state index in [4.69, 9.17) is 19.4 Å². The Labute approximate surface area is 89.8 Å². The quantitative estimate of drug-likeness (QED) is 0.613. The van der Waals surface area contributed by atoms with Gasteiger partial charge in [-0.3, -0.25) is 0 Å². The number of carbonyl (C=O) groups excluding carboxylic acids is 1. The standard InChI is InChI=1S/C5H11NO2S.2CH3.ClH.Sn/c1-2-8-5(7)4(6)3-9;;;;/h4,9H,2-3,6H2,1H3;2*1H3;1H;/q;;;;+2/p-2/t4-;;;;/m1..../s1. The Morgan fingerprint density at radius 2 is 2.23 bits per heavy atom. The summed E-state index contributed by atoms with van der Waals surface area (Å²) in [7, 11) is 7.77. The summed E-state index contributed by atoms with van der Waals surface area (Å²) in [6.07, 6.45) is 0. The van der Waals surface area contributed by atoms with Crippen molar-refractivity contribution < 1.29 is 9.53 Å². The van der Waals surface area contributed by atoms with Crippen LogP contribution in [0.25, 0.3) is 0 Å². The maximum atomic E-state index is 11.1. The Bertz CT molecular complexity index is 174. The summed E-state index contributed by atoms with van der Waals surface area (Å²) < 4.78 is 4.77. The van der Waals surface area contributed by atoms with Crippen molar-refractivity contribution in [1.82, 2.24) is 0 Å². The van der Waals surface area contributed by atoms with Crippen molar-refractivity contribution in [3.63, 3.8) is 0 Å². The van der Waals surface area contributed by atoms with Gasteiger partial charge in [0.05, 0.1) is 0 Å². The average Bonchev–Trinajstić information content (AvgIpc) is 1.99. The molecule has 1 atom stereocenters. The zero-order valence-electron chi connectivity index (χ0n) is 8.17. The zero-order chi connectivity index (χ0) is 10.5. The first-order valence-corrected chi connectivity index (χ1v) is 17.9. The van der Waals surface area contributed by atoms with Crippen LogP contribution in [0.3, 0.4) is 0 Å². The first-order chi connectivity index (χ1) is 5.87. The number of nitrogens with two attached hydrogens (primary N) is 1. The van der Waals surface area contributed by atoms with Gasteiger partial charge in [0.15, 0.2) is 0 Å². The molecule has 0 aliphatic carbocycles. The number of rotatable bonds is 5. The van der Waals surface area contributed by atoms with Crippen LogP contribution in [0.2, 0.25) is 9.88 Å². The summed E-state index contributed by atoms with van der Waals surface area (Å²) in [5.41, 5.74) is 5.59. The molecule has 78 valence electrons. The Balaban J connectivity index is 3.74. The minimum absolute atomic E-state index is 0.331. The molecule has 6 heteroatoms. The predicted octanol–water partition coefficient (Wildman–Crippen LogP) is 1.55. The third kappa shape index (κ3) is 7.90. The first kappa shape index (κ1) is 13.9. The summed E-state index contributed by atoms with van der Waals surface area (Å²) in [5.74, 6) is 0.244. The van der Waals surface area contributed by atoms with Gasteiger partial charge in [-0.2, -0.15) is 0 Å². The SMILES string of the molecule is CCOC(=O)[C@H](N)C[S][Sn]([CH3])([CH3])[Cl]. The molecule has 0 spiro atoms. The Kier molecular flexibility index (Phi) is 6.80. The van der Waals surface area contributed by atoms with Gasteiger partial charge in [0.1, 0.15) is 0 Å². The second kappa shape index (κ2) is 6.37. The molecule has 0 aromatic rings. The Hall–Kier alpha value is 0.869. The number of halogens is 1. The van der Waals surface area contributed by atoms with Crippen LogP contribution in [-0.4, -0.2) is 40.2 Å². The van der Waals surface area contributed by atoms with Crippen molar-refractivity contribution in [2.75, 3.05) is 12.4 Å². The summed E-state index contributed by atoms with van der Waals surface area (Å²) in [4.78, 5) is 15.2. The van der Waals surface area contributed by atoms with Crippen LogP contribution in [0.1, 0.15) is 6.92 Å². The maximum absolute atomic E-state index is 11.1. The second-order valence-electron chi connectivity index (χ2n) is 3.03. The van der Waals surface area contributed by atoms with E-state index < -0.39 is 21.9 Å². The van der Waals surface area contributed by atoms with E-state index in [1.807, 2.05) is 0 Å². The van der Waals surface area contributed by atoms with Gasteiger partial charge in [-0.1, -0.05) is 0 Å². The van der Waals surface area contributed by atoms with E-state index in [0.717, 1.165) is 0 Å². The van der Waals surface area contributed by atoms with Crippen LogP contribution in [0, 0.1) is 0 Å². The van der Waals surface area contributed by atoms with E-state index in [0.29, 0.717) is 12.4 Å². The Morgan fingerprint density at radius 3 is 2.62 bits per heavy atom. The van der Waals surface area contributed by atoms with Gasteiger partial charge in [0.25, 0.3) is 0 Å². The van der Waals surface area contributed by atoms with Crippen molar-refractivity contribution in [3.05, 3.63) is 0 Å². The molecular weight excluding hydrogens is 316 g/mol. The fraction of sp³-hybridized carbons (Fsp3) is 0.857. The molecule has 0 amide bonds. The molecule has 0 rings (SSSR count). The summed E-state index contributed by atoms with van der Waals surface area (Å²) in [6.45, 7) is 2.15. The number of carbonyl (C=O) groups is 1. The third-order valence-corrected chi connectivity index (χ3v) is 11.9. The van der Waals surface area contributed by atoms with Crippen LogP contribution in [0.15, 0.2) is 0 Å². The van der Waals surface area contributed by atoms with E-state index in [2.05, 4.69) is 9.88 Å². The number of ether oxygens (including phenoxy) is 1. The Morgan fingerprint density at radius 1 is 1.69 bits per heavy atom. The van der Waals surface area contributed by atoms with Crippen molar-refractivity contribution in [2.24, 2.45) is 5.73 Å². The molecule has 0 heterocycles. The molecule has 2 N–H and O–H groups in total. The topological polar surface area (TPSA) is 52.3 Å². The number of hydrogen-bond donors (Lipinski definition) is 1. The second-order valence-corrected chi connectivity index (χ2v) is 28.6. The summed E-state index contributed by atoms with van der Waals surface area (Å²) in [5, 5.41) is 0. The monoisotopic (exact) mass is 333 g/mol. The van der Waals surface area contributed by atoms with E-state index in [-0.39, 0.29) is 5.97 Å².